The third-order valence-corrected chi connectivity index (χ3v) is 4.61. The van der Waals surface area contributed by atoms with Crippen molar-refractivity contribution in [1.29, 1.82) is 0 Å². The Morgan fingerprint density at radius 3 is 2.32 bits per heavy atom. The summed E-state index contributed by atoms with van der Waals surface area (Å²) in [6, 6.07) is 5.53. The standard InChI is InChI=1S/C15H18N2O4S/c1-22(20,21)13-9-7-12(8-10-13)15(19)17-16-14(18)11-5-3-2-4-6-11/h2-3,7-11H,4-6H2,1H3,(H,16,18)(H,17,19)/t11-/m0/s1. The lowest BCUT2D eigenvalue weighted by molar-refractivity contribution is -0.126. The van der Waals surface area contributed by atoms with Gasteiger partial charge in [0.25, 0.3) is 5.91 Å². The molecule has 6 nitrogen and oxygen atoms in total. The molecule has 0 unspecified atom stereocenters. The number of amides is 2. The second-order valence-corrected chi connectivity index (χ2v) is 7.24. The predicted molar refractivity (Wildman–Crippen MR) is 81.6 cm³/mol. The molecule has 0 aliphatic heterocycles. The van der Waals surface area contributed by atoms with Crippen molar-refractivity contribution < 1.29 is 18.0 Å². The summed E-state index contributed by atoms with van der Waals surface area (Å²) < 4.78 is 22.7. The molecule has 0 heterocycles. The molecule has 0 spiro atoms. The average Bonchev–Trinajstić information content (AvgIpc) is 2.52. The van der Waals surface area contributed by atoms with E-state index < -0.39 is 15.7 Å². The van der Waals surface area contributed by atoms with Crippen molar-refractivity contribution in [2.24, 2.45) is 5.92 Å². The lowest BCUT2D eigenvalue weighted by Gasteiger charge is -2.17. The van der Waals surface area contributed by atoms with Gasteiger partial charge in [-0.1, -0.05) is 12.2 Å². The van der Waals surface area contributed by atoms with Crippen LogP contribution >= 0.6 is 0 Å². The highest BCUT2D eigenvalue weighted by atomic mass is 32.2. The van der Waals surface area contributed by atoms with E-state index in [1.807, 2.05) is 12.2 Å². The number of hydrazine groups is 1. The Labute approximate surface area is 129 Å². The summed E-state index contributed by atoms with van der Waals surface area (Å²) in [6.45, 7) is 0. The Balaban J connectivity index is 1.92. The Bertz CT molecular complexity index is 693. The van der Waals surface area contributed by atoms with Crippen molar-refractivity contribution in [2.45, 2.75) is 24.2 Å². The minimum atomic E-state index is -3.29. The molecular weight excluding hydrogens is 304 g/mol. The molecule has 1 aromatic carbocycles. The van der Waals surface area contributed by atoms with E-state index in [0.29, 0.717) is 6.42 Å². The maximum Gasteiger partial charge on any atom is 0.269 e. The smallest absolute Gasteiger partial charge is 0.269 e. The van der Waals surface area contributed by atoms with Crippen LogP contribution in [0.15, 0.2) is 41.3 Å². The monoisotopic (exact) mass is 322 g/mol. The number of hydrogen-bond acceptors (Lipinski definition) is 4. The van der Waals surface area contributed by atoms with Crippen LogP contribution in [0.5, 0.6) is 0 Å². The van der Waals surface area contributed by atoms with Gasteiger partial charge in [0.15, 0.2) is 9.84 Å². The average molecular weight is 322 g/mol. The van der Waals surface area contributed by atoms with Crippen LogP contribution in [0.25, 0.3) is 0 Å². The molecule has 0 radical (unpaired) electrons. The van der Waals surface area contributed by atoms with Gasteiger partial charge in [0.1, 0.15) is 0 Å². The number of carbonyl (C=O) groups is 2. The highest BCUT2D eigenvalue weighted by Crippen LogP contribution is 2.17. The molecule has 2 amide bonds. The fourth-order valence-corrected chi connectivity index (χ4v) is 2.81. The van der Waals surface area contributed by atoms with Gasteiger partial charge in [-0.25, -0.2) is 8.42 Å². The van der Waals surface area contributed by atoms with Gasteiger partial charge < -0.3 is 0 Å². The van der Waals surface area contributed by atoms with Gasteiger partial charge >= 0.3 is 0 Å². The van der Waals surface area contributed by atoms with Gasteiger partial charge in [0.05, 0.1) is 4.90 Å². The third kappa shape index (κ3) is 4.17. The van der Waals surface area contributed by atoms with Crippen molar-refractivity contribution >= 4 is 21.7 Å². The molecule has 0 fully saturated rings. The largest absolute Gasteiger partial charge is 0.273 e. The molecule has 0 saturated heterocycles. The molecule has 22 heavy (non-hydrogen) atoms. The topological polar surface area (TPSA) is 92.3 Å². The third-order valence-electron chi connectivity index (χ3n) is 3.48. The first-order valence-electron chi connectivity index (χ1n) is 6.93. The van der Waals surface area contributed by atoms with Gasteiger partial charge in [-0.3, -0.25) is 20.4 Å². The van der Waals surface area contributed by atoms with Crippen LogP contribution in [0, 0.1) is 5.92 Å². The van der Waals surface area contributed by atoms with Crippen LogP contribution in [-0.2, 0) is 14.6 Å². The van der Waals surface area contributed by atoms with Gasteiger partial charge in [-0.15, -0.1) is 0 Å². The van der Waals surface area contributed by atoms with Crippen molar-refractivity contribution in [1.82, 2.24) is 10.9 Å². The molecule has 118 valence electrons. The molecule has 0 aromatic heterocycles. The highest BCUT2D eigenvalue weighted by Gasteiger charge is 2.19. The van der Waals surface area contributed by atoms with Crippen LogP contribution in [0.3, 0.4) is 0 Å². The summed E-state index contributed by atoms with van der Waals surface area (Å²) in [6.07, 6.45) is 7.39. The fourth-order valence-electron chi connectivity index (χ4n) is 2.18. The summed E-state index contributed by atoms with van der Waals surface area (Å²) in [5.41, 5.74) is 5.02. The van der Waals surface area contributed by atoms with Gasteiger partial charge in [0, 0.05) is 17.7 Å². The number of rotatable bonds is 3. The van der Waals surface area contributed by atoms with Crippen LogP contribution < -0.4 is 10.9 Å². The number of allylic oxidation sites excluding steroid dienone is 2. The molecule has 1 aliphatic carbocycles. The molecular formula is C15H18N2O4S. The van der Waals surface area contributed by atoms with Crippen molar-refractivity contribution in [3.63, 3.8) is 0 Å². The summed E-state index contributed by atoms with van der Waals surface area (Å²) in [5, 5.41) is 0. The predicted octanol–water partition coefficient (Wildman–Crippen LogP) is 1.21. The SMILES string of the molecule is CS(=O)(=O)c1ccc(C(=O)NNC(=O)[C@H]2CC=CCC2)cc1. The number of nitrogens with one attached hydrogen (secondary N) is 2. The lowest BCUT2D eigenvalue weighted by atomic mass is 9.94. The van der Waals surface area contributed by atoms with E-state index in [1.54, 1.807) is 0 Å². The number of carbonyl (C=O) groups excluding carboxylic acids is 2. The maximum atomic E-state index is 11.9. The van der Waals surface area contributed by atoms with E-state index in [1.165, 1.54) is 24.3 Å². The highest BCUT2D eigenvalue weighted by molar-refractivity contribution is 7.90. The molecule has 2 rings (SSSR count). The van der Waals surface area contributed by atoms with E-state index in [-0.39, 0.29) is 22.3 Å². The normalized spacial score (nSPS) is 17.8. The van der Waals surface area contributed by atoms with Crippen LogP contribution in [0.4, 0.5) is 0 Å². The van der Waals surface area contributed by atoms with Gasteiger partial charge in [0.2, 0.25) is 5.91 Å². The quantitative estimate of drug-likeness (QED) is 0.646. The lowest BCUT2D eigenvalue weighted by Crippen LogP contribution is -2.44. The minimum Gasteiger partial charge on any atom is -0.273 e. The molecule has 2 N–H and O–H groups in total. The Kier molecular flexibility index (Phi) is 4.97. The molecule has 7 heteroatoms. The zero-order valence-corrected chi connectivity index (χ0v) is 13.0. The molecule has 0 saturated carbocycles. The van der Waals surface area contributed by atoms with Gasteiger partial charge in [-0.2, -0.15) is 0 Å². The van der Waals surface area contributed by atoms with E-state index in [9.17, 15) is 18.0 Å². The first-order chi connectivity index (χ1) is 10.4. The maximum absolute atomic E-state index is 11.9. The molecule has 1 aliphatic rings. The van der Waals surface area contributed by atoms with E-state index >= 15 is 0 Å². The van der Waals surface area contributed by atoms with Gasteiger partial charge in [-0.05, 0) is 43.5 Å². The second-order valence-electron chi connectivity index (χ2n) is 5.22. The molecule has 0 bridgehead atoms. The summed E-state index contributed by atoms with van der Waals surface area (Å²) in [5.74, 6) is -0.830. The molecule has 1 aromatic rings. The van der Waals surface area contributed by atoms with Crippen molar-refractivity contribution in [2.75, 3.05) is 6.26 Å². The number of benzene rings is 1. The minimum absolute atomic E-state index is 0.127. The number of sulfone groups is 1. The first-order valence-corrected chi connectivity index (χ1v) is 8.82. The van der Waals surface area contributed by atoms with Crippen molar-refractivity contribution in [3.05, 3.63) is 42.0 Å². The van der Waals surface area contributed by atoms with E-state index in [0.717, 1.165) is 19.1 Å². The molecule has 1 atom stereocenters. The summed E-state index contributed by atoms with van der Waals surface area (Å²) >= 11 is 0. The Hall–Kier alpha value is -2.15. The van der Waals surface area contributed by atoms with Crippen LogP contribution in [-0.4, -0.2) is 26.5 Å². The first kappa shape index (κ1) is 16.2. The van der Waals surface area contributed by atoms with Crippen LogP contribution in [0.2, 0.25) is 0 Å². The number of hydrogen-bond donors (Lipinski definition) is 2. The van der Waals surface area contributed by atoms with Crippen LogP contribution in [0.1, 0.15) is 29.6 Å². The van der Waals surface area contributed by atoms with E-state index in [4.69, 9.17) is 0 Å². The second kappa shape index (κ2) is 6.74. The van der Waals surface area contributed by atoms with Crippen molar-refractivity contribution in [3.8, 4) is 0 Å². The fraction of sp³-hybridized carbons (Fsp3) is 0.333. The van der Waals surface area contributed by atoms with E-state index in [2.05, 4.69) is 10.9 Å². The zero-order chi connectivity index (χ0) is 16.2. The summed E-state index contributed by atoms with van der Waals surface area (Å²) in [7, 11) is -3.29. The Morgan fingerprint density at radius 1 is 1.09 bits per heavy atom. The summed E-state index contributed by atoms with van der Waals surface area (Å²) in [4.78, 5) is 23.9. The Morgan fingerprint density at radius 2 is 1.77 bits per heavy atom. The zero-order valence-electron chi connectivity index (χ0n) is 12.2.